The van der Waals surface area contributed by atoms with Gasteiger partial charge in [0.05, 0.1) is 11.6 Å². The van der Waals surface area contributed by atoms with E-state index >= 15 is 0 Å². The van der Waals surface area contributed by atoms with E-state index in [1.165, 1.54) is 0 Å². The van der Waals surface area contributed by atoms with E-state index in [0.29, 0.717) is 16.8 Å². The Morgan fingerprint density at radius 1 is 1.10 bits per heavy atom. The van der Waals surface area contributed by atoms with E-state index in [1.807, 2.05) is 24.3 Å². The maximum Gasteiger partial charge on any atom is 0.255 e. The second kappa shape index (κ2) is 5.43. The zero-order chi connectivity index (χ0) is 14.7. The molecule has 0 radical (unpaired) electrons. The first kappa shape index (κ1) is 12.8. The van der Waals surface area contributed by atoms with E-state index in [9.17, 15) is 4.79 Å². The maximum atomic E-state index is 12.2. The number of nitriles is 1. The average molecular weight is 273 g/mol. The number of anilines is 1. The zero-order valence-electron chi connectivity index (χ0n) is 11.1. The van der Waals surface area contributed by atoms with Crippen LogP contribution in [0.15, 0.2) is 60.9 Å². The first-order chi connectivity index (χ1) is 10.3. The van der Waals surface area contributed by atoms with Gasteiger partial charge in [-0.05, 0) is 41.8 Å². The molecule has 0 fully saturated rings. The Morgan fingerprint density at radius 3 is 2.86 bits per heavy atom. The van der Waals surface area contributed by atoms with E-state index in [-0.39, 0.29) is 5.91 Å². The number of benzene rings is 2. The summed E-state index contributed by atoms with van der Waals surface area (Å²) in [6.45, 7) is 0. The van der Waals surface area contributed by atoms with Crippen LogP contribution in [-0.2, 0) is 0 Å². The number of rotatable bonds is 2. The van der Waals surface area contributed by atoms with Crippen molar-refractivity contribution < 1.29 is 4.79 Å². The standard InChI is InChI=1S/C17H11N3O/c18-10-12-2-1-3-16(8-12)20-17(21)14-4-5-15-11-19-7-6-13(15)9-14/h1-9,11H,(H,20,21). The number of hydrogen-bond acceptors (Lipinski definition) is 3. The number of nitrogens with one attached hydrogen (secondary N) is 1. The molecule has 2 aromatic carbocycles. The van der Waals surface area contributed by atoms with Crippen LogP contribution >= 0.6 is 0 Å². The number of fused-ring (bicyclic) bond motifs is 1. The number of carbonyl (C=O) groups excluding carboxylic acids is 1. The van der Waals surface area contributed by atoms with Crippen molar-refractivity contribution in [3.63, 3.8) is 0 Å². The predicted molar refractivity (Wildman–Crippen MR) is 80.9 cm³/mol. The van der Waals surface area contributed by atoms with Crippen molar-refractivity contribution in [3.8, 4) is 6.07 Å². The quantitative estimate of drug-likeness (QED) is 0.778. The fraction of sp³-hybridized carbons (Fsp3) is 0. The lowest BCUT2D eigenvalue weighted by atomic mass is 10.1. The summed E-state index contributed by atoms with van der Waals surface area (Å²) in [5.41, 5.74) is 1.68. The van der Waals surface area contributed by atoms with Crippen LogP contribution in [0, 0.1) is 11.3 Å². The minimum atomic E-state index is -0.205. The Morgan fingerprint density at radius 2 is 2.00 bits per heavy atom. The molecule has 0 spiro atoms. The second-order valence-electron chi connectivity index (χ2n) is 4.58. The lowest BCUT2D eigenvalue weighted by Gasteiger charge is -2.06. The largest absolute Gasteiger partial charge is 0.322 e. The minimum absolute atomic E-state index is 0.205. The fourth-order valence-corrected chi connectivity index (χ4v) is 2.09. The molecular formula is C17H11N3O. The van der Waals surface area contributed by atoms with Crippen LogP contribution in [0.2, 0.25) is 0 Å². The van der Waals surface area contributed by atoms with Gasteiger partial charge in [-0.3, -0.25) is 9.78 Å². The number of nitrogens with zero attached hydrogens (tertiary/aromatic N) is 2. The van der Waals surface area contributed by atoms with Crippen LogP contribution in [0.1, 0.15) is 15.9 Å². The second-order valence-corrected chi connectivity index (χ2v) is 4.58. The van der Waals surface area contributed by atoms with Crippen molar-refractivity contribution in [1.82, 2.24) is 4.98 Å². The van der Waals surface area contributed by atoms with Crippen molar-refractivity contribution in [2.75, 3.05) is 5.32 Å². The molecule has 21 heavy (non-hydrogen) atoms. The molecule has 0 saturated carbocycles. The molecule has 4 nitrogen and oxygen atoms in total. The van der Waals surface area contributed by atoms with Gasteiger partial charge in [0.25, 0.3) is 5.91 Å². The van der Waals surface area contributed by atoms with Gasteiger partial charge in [0.1, 0.15) is 0 Å². The summed E-state index contributed by atoms with van der Waals surface area (Å²) in [6.07, 6.45) is 3.45. The summed E-state index contributed by atoms with van der Waals surface area (Å²) in [6, 6.07) is 16.2. The van der Waals surface area contributed by atoms with Crippen molar-refractivity contribution >= 4 is 22.4 Å². The molecule has 0 unspecified atom stereocenters. The SMILES string of the molecule is N#Cc1cccc(NC(=O)c2ccc3cnccc3c2)c1. The van der Waals surface area contributed by atoms with Crippen LogP contribution in [0.4, 0.5) is 5.69 Å². The molecule has 100 valence electrons. The lowest BCUT2D eigenvalue weighted by molar-refractivity contribution is 0.102. The third kappa shape index (κ3) is 2.72. The van der Waals surface area contributed by atoms with Gasteiger partial charge in [-0.15, -0.1) is 0 Å². The molecule has 0 saturated heterocycles. The Bertz CT molecular complexity index is 865. The summed E-state index contributed by atoms with van der Waals surface area (Å²) in [4.78, 5) is 16.3. The van der Waals surface area contributed by atoms with Gasteiger partial charge in [0.15, 0.2) is 0 Å². The van der Waals surface area contributed by atoms with Gasteiger partial charge >= 0.3 is 0 Å². The number of carbonyl (C=O) groups is 1. The highest BCUT2D eigenvalue weighted by Crippen LogP contribution is 2.16. The van der Waals surface area contributed by atoms with E-state index in [0.717, 1.165) is 10.8 Å². The Balaban J connectivity index is 1.88. The van der Waals surface area contributed by atoms with Crippen LogP contribution in [0.3, 0.4) is 0 Å². The smallest absolute Gasteiger partial charge is 0.255 e. The van der Waals surface area contributed by atoms with Crippen molar-refractivity contribution in [2.45, 2.75) is 0 Å². The molecule has 0 bridgehead atoms. The Labute approximate surface area is 121 Å². The predicted octanol–water partition coefficient (Wildman–Crippen LogP) is 3.36. The Kier molecular flexibility index (Phi) is 3.32. The monoisotopic (exact) mass is 273 g/mol. The molecule has 0 aliphatic rings. The van der Waals surface area contributed by atoms with Crippen molar-refractivity contribution in [2.24, 2.45) is 0 Å². The van der Waals surface area contributed by atoms with Crippen LogP contribution in [-0.4, -0.2) is 10.9 Å². The van der Waals surface area contributed by atoms with Crippen molar-refractivity contribution in [3.05, 3.63) is 72.1 Å². The molecular weight excluding hydrogens is 262 g/mol. The number of hydrogen-bond donors (Lipinski definition) is 1. The Hall–Kier alpha value is -3.19. The van der Waals surface area contributed by atoms with E-state index < -0.39 is 0 Å². The molecule has 1 heterocycles. The third-order valence-electron chi connectivity index (χ3n) is 3.15. The highest BCUT2D eigenvalue weighted by atomic mass is 16.1. The first-order valence-corrected chi connectivity index (χ1v) is 6.41. The van der Waals surface area contributed by atoms with Gasteiger partial charge in [-0.1, -0.05) is 12.1 Å². The zero-order valence-corrected chi connectivity index (χ0v) is 11.1. The molecule has 1 aromatic heterocycles. The third-order valence-corrected chi connectivity index (χ3v) is 3.15. The molecule has 0 aliphatic carbocycles. The van der Waals surface area contributed by atoms with Crippen LogP contribution in [0.5, 0.6) is 0 Å². The topological polar surface area (TPSA) is 65.8 Å². The lowest BCUT2D eigenvalue weighted by Crippen LogP contribution is -2.11. The number of amides is 1. The van der Waals surface area contributed by atoms with Crippen LogP contribution < -0.4 is 5.32 Å². The summed E-state index contributed by atoms with van der Waals surface area (Å²) in [7, 11) is 0. The molecule has 0 aliphatic heterocycles. The maximum absolute atomic E-state index is 12.2. The molecule has 4 heteroatoms. The summed E-state index contributed by atoms with van der Waals surface area (Å²) in [5.74, 6) is -0.205. The highest BCUT2D eigenvalue weighted by molar-refractivity contribution is 6.06. The molecule has 3 rings (SSSR count). The van der Waals surface area contributed by atoms with Crippen LogP contribution in [0.25, 0.3) is 10.8 Å². The number of pyridine rings is 1. The summed E-state index contributed by atoms with van der Waals surface area (Å²) < 4.78 is 0. The van der Waals surface area contributed by atoms with E-state index in [1.54, 1.807) is 42.7 Å². The molecule has 3 aromatic rings. The van der Waals surface area contributed by atoms with Crippen molar-refractivity contribution in [1.29, 1.82) is 5.26 Å². The molecule has 0 atom stereocenters. The first-order valence-electron chi connectivity index (χ1n) is 6.41. The highest BCUT2D eigenvalue weighted by Gasteiger charge is 2.07. The normalized spacial score (nSPS) is 10.0. The summed E-state index contributed by atoms with van der Waals surface area (Å²) in [5, 5.41) is 13.6. The van der Waals surface area contributed by atoms with Gasteiger partial charge in [-0.25, -0.2) is 0 Å². The number of aromatic nitrogens is 1. The molecule has 1 amide bonds. The summed E-state index contributed by atoms with van der Waals surface area (Å²) >= 11 is 0. The average Bonchev–Trinajstić information content (AvgIpc) is 2.54. The van der Waals surface area contributed by atoms with E-state index in [2.05, 4.69) is 10.3 Å². The minimum Gasteiger partial charge on any atom is -0.322 e. The van der Waals surface area contributed by atoms with Gasteiger partial charge < -0.3 is 5.32 Å². The van der Waals surface area contributed by atoms with E-state index in [4.69, 9.17) is 5.26 Å². The van der Waals surface area contributed by atoms with Gasteiger partial charge in [0.2, 0.25) is 0 Å². The molecule has 1 N–H and O–H groups in total. The fourth-order valence-electron chi connectivity index (χ4n) is 2.09. The van der Waals surface area contributed by atoms with Gasteiger partial charge in [0, 0.05) is 29.0 Å². The van der Waals surface area contributed by atoms with Gasteiger partial charge in [-0.2, -0.15) is 5.26 Å².